The summed E-state index contributed by atoms with van der Waals surface area (Å²) in [6, 6.07) is 6.14. The number of hydrogen-bond donors (Lipinski definition) is 0. The van der Waals surface area contributed by atoms with E-state index in [2.05, 4.69) is 38.7 Å². The molecule has 1 unspecified atom stereocenters. The van der Waals surface area contributed by atoms with Crippen molar-refractivity contribution in [2.75, 3.05) is 26.2 Å². The summed E-state index contributed by atoms with van der Waals surface area (Å²) in [5, 5.41) is 0.717. The molecule has 1 fully saturated rings. The van der Waals surface area contributed by atoms with E-state index >= 15 is 0 Å². The zero-order valence-electron chi connectivity index (χ0n) is 13.8. The van der Waals surface area contributed by atoms with Crippen molar-refractivity contribution >= 4 is 11.6 Å². The number of likely N-dealkylation sites (tertiary alicyclic amines) is 1. The van der Waals surface area contributed by atoms with E-state index in [-0.39, 0.29) is 5.41 Å². The van der Waals surface area contributed by atoms with Gasteiger partial charge < -0.3 is 4.74 Å². The van der Waals surface area contributed by atoms with Gasteiger partial charge >= 0.3 is 0 Å². The first kappa shape index (κ1) is 16.6. The summed E-state index contributed by atoms with van der Waals surface area (Å²) in [7, 11) is 0. The van der Waals surface area contributed by atoms with Crippen molar-refractivity contribution in [1.29, 1.82) is 0 Å². The molecule has 118 valence electrons. The summed E-state index contributed by atoms with van der Waals surface area (Å²) in [5.74, 6) is 1.61. The molecule has 3 heteroatoms. The van der Waals surface area contributed by atoms with E-state index in [0.717, 1.165) is 23.2 Å². The van der Waals surface area contributed by atoms with Crippen molar-refractivity contribution in [2.45, 2.75) is 46.0 Å². The Bertz CT molecular complexity index is 467. The van der Waals surface area contributed by atoms with E-state index in [4.69, 9.17) is 16.3 Å². The molecule has 0 bridgehead atoms. The fourth-order valence-electron chi connectivity index (χ4n) is 2.86. The second kappa shape index (κ2) is 7.02. The first-order valence-corrected chi connectivity index (χ1v) is 8.39. The highest BCUT2D eigenvalue weighted by atomic mass is 35.5. The van der Waals surface area contributed by atoms with Crippen LogP contribution in [0.1, 0.15) is 46.1 Å². The maximum atomic E-state index is 6.34. The molecule has 1 heterocycles. The summed E-state index contributed by atoms with van der Waals surface area (Å²) in [6.45, 7) is 13.0. The topological polar surface area (TPSA) is 12.5 Å². The number of benzene rings is 1. The van der Waals surface area contributed by atoms with Gasteiger partial charge in [-0.2, -0.15) is 0 Å². The average molecular weight is 310 g/mol. The van der Waals surface area contributed by atoms with Gasteiger partial charge in [0.05, 0.1) is 5.02 Å². The highest BCUT2D eigenvalue weighted by molar-refractivity contribution is 6.32. The van der Waals surface area contributed by atoms with Gasteiger partial charge in [-0.25, -0.2) is 0 Å². The molecular formula is C18H28ClNO. The maximum Gasteiger partial charge on any atom is 0.137 e. The zero-order valence-corrected chi connectivity index (χ0v) is 14.5. The van der Waals surface area contributed by atoms with Crippen molar-refractivity contribution in [1.82, 2.24) is 4.90 Å². The van der Waals surface area contributed by atoms with Gasteiger partial charge in [-0.05, 0) is 48.4 Å². The number of hydrogen-bond acceptors (Lipinski definition) is 2. The van der Waals surface area contributed by atoms with Crippen molar-refractivity contribution in [3.8, 4) is 5.75 Å². The third-order valence-corrected chi connectivity index (χ3v) is 4.50. The van der Waals surface area contributed by atoms with E-state index < -0.39 is 0 Å². The van der Waals surface area contributed by atoms with Crippen LogP contribution in [0, 0.1) is 5.92 Å². The zero-order chi connectivity index (χ0) is 15.5. The molecule has 0 spiro atoms. The Labute approximate surface area is 134 Å². The molecule has 2 nitrogen and oxygen atoms in total. The number of nitrogens with zero attached hydrogens (tertiary/aromatic N) is 1. The van der Waals surface area contributed by atoms with E-state index in [1.165, 1.54) is 31.5 Å². The largest absolute Gasteiger partial charge is 0.491 e. The average Bonchev–Trinajstić information content (AvgIpc) is 2.39. The molecule has 2 rings (SSSR count). The highest BCUT2D eigenvalue weighted by Gasteiger charge is 2.17. The molecule has 1 aliphatic rings. The molecular weight excluding hydrogens is 282 g/mol. The van der Waals surface area contributed by atoms with Crippen molar-refractivity contribution in [3.63, 3.8) is 0 Å². The van der Waals surface area contributed by atoms with Crippen LogP contribution >= 0.6 is 11.6 Å². The van der Waals surface area contributed by atoms with Crippen LogP contribution in [0.4, 0.5) is 0 Å². The lowest BCUT2D eigenvalue weighted by molar-refractivity contribution is 0.153. The summed E-state index contributed by atoms with van der Waals surface area (Å²) in [6.07, 6.45) is 2.67. The van der Waals surface area contributed by atoms with Gasteiger partial charge in [0.1, 0.15) is 12.4 Å². The van der Waals surface area contributed by atoms with Crippen LogP contribution in [-0.4, -0.2) is 31.1 Å². The second-order valence-corrected chi connectivity index (χ2v) is 7.70. The molecule has 1 aromatic rings. The lowest BCUT2D eigenvalue weighted by Crippen LogP contribution is -2.37. The Morgan fingerprint density at radius 2 is 2.10 bits per heavy atom. The Kier molecular flexibility index (Phi) is 5.56. The molecule has 1 saturated heterocycles. The third kappa shape index (κ3) is 4.89. The van der Waals surface area contributed by atoms with Crippen LogP contribution in [0.5, 0.6) is 5.75 Å². The molecule has 0 radical (unpaired) electrons. The van der Waals surface area contributed by atoms with E-state index in [0.29, 0.717) is 6.61 Å². The maximum absolute atomic E-state index is 6.34. The summed E-state index contributed by atoms with van der Waals surface area (Å²) in [5.41, 5.74) is 1.36. The van der Waals surface area contributed by atoms with Crippen LogP contribution < -0.4 is 4.74 Å². The smallest absolute Gasteiger partial charge is 0.137 e. The Morgan fingerprint density at radius 3 is 2.71 bits per heavy atom. The normalized spacial score (nSPS) is 20.5. The van der Waals surface area contributed by atoms with Gasteiger partial charge in [0.15, 0.2) is 0 Å². The molecule has 1 aliphatic heterocycles. The molecule has 21 heavy (non-hydrogen) atoms. The van der Waals surface area contributed by atoms with Crippen molar-refractivity contribution < 1.29 is 4.74 Å². The number of rotatable bonds is 4. The summed E-state index contributed by atoms with van der Waals surface area (Å²) >= 11 is 6.34. The molecule has 0 N–H and O–H groups in total. The van der Waals surface area contributed by atoms with Gasteiger partial charge in [-0.1, -0.05) is 45.4 Å². The van der Waals surface area contributed by atoms with Gasteiger partial charge in [-0.15, -0.1) is 0 Å². The molecule has 0 aliphatic carbocycles. The minimum atomic E-state index is 0.117. The van der Waals surface area contributed by atoms with Crippen molar-refractivity contribution in [2.24, 2.45) is 5.92 Å². The van der Waals surface area contributed by atoms with Gasteiger partial charge in [0.2, 0.25) is 0 Å². The van der Waals surface area contributed by atoms with E-state index in [1.54, 1.807) is 0 Å². The Balaban J connectivity index is 1.86. The first-order valence-electron chi connectivity index (χ1n) is 8.01. The lowest BCUT2D eigenvalue weighted by Gasteiger charge is -2.30. The minimum Gasteiger partial charge on any atom is -0.491 e. The predicted octanol–water partition coefficient (Wildman–Crippen LogP) is 4.75. The third-order valence-electron chi connectivity index (χ3n) is 4.20. The second-order valence-electron chi connectivity index (χ2n) is 7.29. The lowest BCUT2D eigenvalue weighted by atomic mass is 9.87. The quantitative estimate of drug-likeness (QED) is 0.796. The van der Waals surface area contributed by atoms with E-state index in [9.17, 15) is 0 Å². The molecule has 1 aromatic carbocycles. The monoisotopic (exact) mass is 309 g/mol. The van der Waals surface area contributed by atoms with Crippen molar-refractivity contribution in [3.05, 3.63) is 28.8 Å². The van der Waals surface area contributed by atoms with Crippen LogP contribution in [-0.2, 0) is 5.41 Å². The first-order chi connectivity index (χ1) is 9.86. The number of ether oxygens (including phenoxy) is 1. The SMILES string of the molecule is CC1CCCN(CCOc2ccc(C(C)(C)C)cc2Cl)C1. The van der Waals surface area contributed by atoms with Crippen LogP contribution in [0.3, 0.4) is 0 Å². The Morgan fingerprint density at radius 1 is 1.33 bits per heavy atom. The van der Waals surface area contributed by atoms with Crippen LogP contribution in [0.25, 0.3) is 0 Å². The fraction of sp³-hybridized carbons (Fsp3) is 0.667. The number of halogens is 1. The fourth-order valence-corrected chi connectivity index (χ4v) is 3.09. The number of piperidine rings is 1. The molecule has 0 aromatic heterocycles. The highest BCUT2D eigenvalue weighted by Crippen LogP contribution is 2.31. The summed E-state index contributed by atoms with van der Waals surface area (Å²) < 4.78 is 5.87. The standard InChI is InChI=1S/C18H28ClNO/c1-14-6-5-9-20(13-14)10-11-21-17-8-7-15(12-16(17)19)18(2,3)4/h7-8,12,14H,5-6,9-11,13H2,1-4H3. The minimum absolute atomic E-state index is 0.117. The van der Waals surface area contributed by atoms with Gasteiger partial charge in [0, 0.05) is 13.1 Å². The molecule has 0 saturated carbocycles. The van der Waals surface area contributed by atoms with E-state index in [1.807, 2.05) is 12.1 Å². The predicted molar refractivity (Wildman–Crippen MR) is 90.5 cm³/mol. The Hall–Kier alpha value is -0.730. The van der Waals surface area contributed by atoms with Crippen LogP contribution in [0.2, 0.25) is 5.02 Å². The summed E-state index contributed by atoms with van der Waals surface area (Å²) in [4.78, 5) is 2.49. The van der Waals surface area contributed by atoms with Gasteiger partial charge in [-0.3, -0.25) is 4.90 Å². The molecule has 0 amide bonds. The molecule has 1 atom stereocenters. The van der Waals surface area contributed by atoms with Crippen LogP contribution in [0.15, 0.2) is 18.2 Å². The van der Waals surface area contributed by atoms with Gasteiger partial charge in [0.25, 0.3) is 0 Å².